The number of nitrogens with one attached hydrogen (secondary N) is 1. The lowest BCUT2D eigenvalue weighted by atomic mass is 9.89. The molecule has 0 fully saturated rings. The Balaban J connectivity index is 0.00000341. The fraction of sp³-hybridized carbons (Fsp3) is 0.316. The van der Waals surface area contributed by atoms with Gasteiger partial charge in [-0.3, -0.25) is 9.79 Å². The van der Waals surface area contributed by atoms with Crippen molar-refractivity contribution >= 4 is 45.8 Å². The second kappa shape index (κ2) is 8.71. The number of benzene rings is 1. The quantitative estimate of drug-likeness (QED) is 0.574. The van der Waals surface area contributed by atoms with Crippen LogP contribution < -0.4 is 11.1 Å². The van der Waals surface area contributed by atoms with Crippen LogP contribution in [0.1, 0.15) is 29.9 Å². The third-order valence-electron chi connectivity index (χ3n) is 4.80. The van der Waals surface area contributed by atoms with Crippen molar-refractivity contribution in [1.29, 1.82) is 0 Å². The first-order valence-corrected chi connectivity index (χ1v) is 9.44. The molecule has 2 atom stereocenters. The zero-order valence-corrected chi connectivity index (χ0v) is 18.7. The number of pyridine rings is 1. The van der Waals surface area contributed by atoms with Crippen LogP contribution in [0.3, 0.4) is 0 Å². The van der Waals surface area contributed by atoms with E-state index in [-0.39, 0.29) is 29.4 Å². The van der Waals surface area contributed by atoms with Crippen molar-refractivity contribution in [2.75, 3.05) is 11.9 Å². The Kier molecular flexibility index (Phi) is 7.03. The summed E-state index contributed by atoms with van der Waals surface area (Å²) in [6, 6.07) is 6.79. The number of hydrogen-bond acceptors (Lipinski definition) is 5. The SMILES string of the molecule is C[C@@]1(c2cc(NC(=O)c3ccc(Br)cn3)ccc2F)CO[C@@](C)(C(F)(F)F)C(N)=N1.Cl. The number of halogens is 6. The molecule has 0 unspecified atom stereocenters. The third-order valence-corrected chi connectivity index (χ3v) is 5.27. The summed E-state index contributed by atoms with van der Waals surface area (Å²) >= 11 is 3.21. The zero-order valence-electron chi connectivity index (χ0n) is 16.3. The summed E-state index contributed by atoms with van der Waals surface area (Å²) in [6.07, 6.45) is -3.34. The highest BCUT2D eigenvalue weighted by atomic mass is 79.9. The predicted octanol–water partition coefficient (Wildman–Crippen LogP) is 4.58. The highest BCUT2D eigenvalue weighted by Crippen LogP contribution is 2.41. The Bertz CT molecular complexity index is 1020. The molecule has 0 aliphatic carbocycles. The van der Waals surface area contributed by atoms with Crippen molar-refractivity contribution < 1.29 is 27.1 Å². The van der Waals surface area contributed by atoms with Crippen LogP contribution >= 0.6 is 28.3 Å². The molecule has 3 N–H and O–H groups in total. The topological polar surface area (TPSA) is 89.6 Å². The molecule has 2 aromatic rings. The Morgan fingerprint density at radius 1 is 1.26 bits per heavy atom. The summed E-state index contributed by atoms with van der Waals surface area (Å²) in [5, 5.41) is 2.57. The summed E-state index contributed by atoms with van der Waals surface area (Å²) in [5.41, 5.74) is 1.55. The van der Waals surface area contributed by atoms with Gasteiger partial charge in [0.1, 0.15) is 22.9 Å². The Hall–Kier alpha value is -2.24. The first-order valence-electron chi connectivity index (χ1n) is 8.65. The van der Waals surface area contributed by atoms with Crippen LogP contribution in [0.15, 0.2) is 46.0 Å². The first-order chi connectivity index (χ1) is 13.9. The number of hydrogen-bond donors (Lipinski definition) is 2. The number of aromatic nitrogens is 1. The van der Waals surface area contributed by atoms with Gasteiger partial charge in [0.05, 0.1) is 6.61 Å². The van der Waals surface area contributed by atoms with Crippen LogP contribution in [0.2, 0.25) is 0 Å². The molecular formula is C19H18BrClF4N4O2. The van der Waals surface area contributed by atoms with E-state index >= 15 is 0 Å². The number of ether oxygens (including phenoxy) is 1. The average Bonchev–Trinajstić information content (AvgIpc) is 2.66. The number of rotatable bonds is 3. The van der Waals surface area contributed by atoms with Crippen LogP contribution in [-0.4, -0.2) is 35.1 Å². The van der Waals surface area contributed by atoms with E-state index in [0.29, 0.717) is 4.47 Å². The molecule has 0 saturated heterocycles. The van der Waals surface area contributed by atoms with Gasteiger partial charge in [-0.2, -0.15) is 13.2 Å². The summed E-state index contributed by atoms with van der Waals surface area (Å²) < 4.78 is 60.1. The van der Waals surface area contributed by atoms with Crippen molar-refractivity contribution in [3.8, 4) is 0 Å². The summed E-state index contributed by atoms with van der Waals surface area (Å²) in [6.45, 7) is 1.60. The largest absolute Gasteiger partial charge is 0.424 e. The molecule has 0 radical (unpaired) electrons. The number of carbonyl (C=O) groups is 1. The van der Waals surface area contributed by atoms with Gasteiger partial charge in [0, 0.05) is 21.9 Å². The number of alkyl halides is 3. The molecule has 0 bridgehead atoms. The summed E-state index contributed by atoms with van der Waals surface area (Å²) in [4.78, 5) is 20.2. The highest BCUT2D eigenvalue weighted by Gasteiger charge is 2.59. The van der Waals surface area contributed by atoms with Gasteiger partial charge in [-0.05, 0) is 60.1 Å². The van der Waals surface area contributed by atoms with Gasteiger partial charge >= 0.3 is 6.18 Å². The second-order valence-electron chi connectivity index (χ2n) is 7.10. The van der Waals surface area contributed by atoms with Crippen LogP contribution in [0, 0.1) is 5.82 Å². The molecule has 6 nitrogen and oxygen atoms in total. The molecular weight excluding hydrogens is 508 g/mol. The van der Waals surface area contributed by atoms with Gasteiger partial charge in [0.2, 0.25) is 5.60 Å². The molecule has 1 aliphatic rings. The minimum atomic E-state index is -4.78. The number of amides is 1. The minimum absolute atomic E-state index is 0. The molecule has 31 heavy (non-hydrogen) atoms. The fourth-order valence-electron chi connectivity index (χ4n) is 2.85. The minimum Gasteiger partial charge on any atom is -0.385 e. The van der Waals surface area contributed by atoms with Gasteiger partial charge in [0.15, 0.2) is 0 Å². The third kappa shape index (κ3) is 4.83. The normalized spacial score (nSPS) is 23.5. The standard InChI is InChI=1S/C19H17BrF4N4O2.ClH/c1-17(9-30-18(2,16(25)28-17)19(22,23)24)12-7-11(4-5-13(12)21)27-15(29)14-6-3-10(20)8-26-14;/h3-8H,9H2,1-2H3,(H2,25,28)(H,27,29);1H/t17-,18+;/m0./s1. The number of aliphatic imine (C=N–C) groups is 1. The van der Waals surface area contributed by atoms with Gasteiger partial charge in [-0.1, -0.05) is 0 Å². The van der Waals surface area contributed by atoms with E-state index < -0.39 is 41.5 Å². The molecule has 0 spiro atoms. The molecule has 2 heterocycles. The maximum Gasteiger partial charge on any atom is 0.424 e. The summed E-state index contributed by atoms with van der Waals surface area (Å²) in [7, 11) is 0. The maximum absolute atomic E-state index is 14.5. The average molecular weight is 526 g/mol. The monoisotopic (exact) mass is 524 g/mol. The smallest absolute Gasteiger partial charge is 0.385 e. The molecule has 1 aromatic carbocycles. The molecule has 1 amide bonds. The molecule has 3 rings (SSSR count). The van der Waals surface area contributed by atoms with E-state index in [1.54, 1.807) is 6.07 Å². The fourth-order valence-corrected chi connectivity index (χ4v) is 3.08. The second-order valence-corrected chi connectivity index (χ2v) is 8.02. The summed E-state index contributed by atoms with van der Waals surface area (Å²) in [5.74, 6) is -2.08. The van der Waals surface area contributed by atoms with Gasteiger partial charge in [-0.25, -0.2) is 9.37 Å². The van der Waals surface area contributed by atoms with Gasteiger partial charge < -0.3 is 15.8 Å². The number of anilines is 1. The number of nitrogens with two attached hydrogens (primary N) is 1. The first kappa shape index (κ1) is 25.0. The van der Waals surface area contributed by atoms with Crippen molar-refractivity contribution in [3.05, 3.63) is 58.1 Å². The predicted molar refractivity (Wildman–Crippen MR) is 113 cm³/mol. The Morgan fingerprint density at radius 2 is 1.94 bits per heavy atom. The van der Waals surface area contributed by atoms with Crippen molar-refractivity contribution in [2.45, 2.75) is 31.2 Å². The van der Waals surface area contributed by atoms with Crippen molar-refractivity contribution in [2.24, 2.45) is 10.7 Å². The molecule has 1 aromatic heterocycles. The van der Waals surface area contributed by atoms with Gasteiger partial charge in [0.25, 0.3) is 5.91 Å². The van der Waals surface area contributed by atoms with Crippen LogP contribution in [0.4, 0.5) is 23.2 Å². The van der Waals surface area contributed by atoms with E-state index in [1.165, 1.54) is 31.3 Å². The maximum atomic E-state index is 14.5. The molecule has 168 valence electrons. The van der Waals surface area contributed by atoms with E-state index in [4.69, 9.17) is 10.5 Å². The number of amidine groups is 1. The van der Waals surface area contributed by atoms with E-state index in [2.05, 4.69) is 31.2 Å². The van der Waals surface area contributed by atoms with Crippen LogP contribution in [0.25, 0.3) is 0 Å². The van der Waals surface area contributed by atoms with Crippen molar-refractivity contribution in [3.63, 3.8) is 0 Å². The van der Waals surface area contributed by atoms with E-state index in [1.807, 2.05) is 0 Å². The van der Waals surface area contributed by atoms with Crippen molar-refractivity contribution in [1.82, 2.24) is 4.98 Å². The Labute approximate surface area is 189 Å². The van der Waals surface area contributed by atoms with Crippen LogP contribution in [0.5, 0.6) is 0 Å². The molecule has 12 heteroatoms. The van der Waals surface area contributed by atoms with E-state index in [9.17, 15) is 22.4 Å². The van der Waals surface area contributed by atoms with Crippen LogP contribution in [-0.2, 0) is 10.3 Å². The lowest BCUT2D eigenvalue weighted by molar-refractivity contribution is -0.249. The molecule has 0 saturated carbocycles. The van der Waals surface area contributed by atoms with E-state index in [0.717, 1.165) is 13.0 Å². The van der Waals surface area contributed by atoms with Gasteiger partial charge in [-0.15, -0.1) is 12.4 Å². The Morgan fingerprint density at radius 3 is 2.48 bits per heavy atom. The lowest BCUT2D eigenvalue weighted by Gasteiger charge is -2.41. The zero-order chi connectivity index (χ0) is 22.3. The highest BCUT2D eigenvalue weighted by molar-refractivity contribution is 9.10. The number of carbonyl (C=O) groups excluding carboxylic acids is 1. The lowest BCUT2D eigenvalue weighted by Crippen LogP contribution is -2.60. The molecule has 1 aliphatic heterocycles. The number of nitrogens with zero attached hydrogens (tertiary/aromatic N) is 2.